The Morgan fingerprint density at radius 1 is 1.11 bits per heavy atom. The Labute approximate surface area is 120 Å². The lowest BCUT2D eigenvalue weighted by Gasteiger charge is -2.41. The van der Waals surface area contributed by atoms with Gasteiger partial charge in [-0.15, -0.1) is 0 Å². The molecule has 2 N–H and O–H groups in total. The van der Waals surface area contributed by atoms with Crippen molar-refractivity contribution in [1.29, 1.82) is 0 Å². The summed E-state index contributed by atoms with van der Waals surface area (Å²) in [5.41, 5.74) is 6.62. The Morgan fingerprint density at radius 3 is 2.58 bits per heavy atom. The van der Waals surface area contributed by atoms with E-state index in [1.807, 2.05) is 0 Å². The van der Waals surface area contributed by atoms with Crippen LogP contribution in [0.3, 0.4) is 0 Å². The molecule has 1 aliphatic heterocycles. The zero-order chi connectivity index (χ0) is 13.6. The molecule has 0 radical (unpaired) electrons. The van der Waals surface area contributed by atoms with Gasteiger partial charge in [0.15, 0.2) is 0 Å². The van der Waals surface area contributed by atoms with Crippen molar-refractivity contribution in [2.45, 2.75) is 83.6 Å². The van der Waals surface area contributed by atoms with Crippen LogP contribution in [0, 0.1) is 5.41 Å². The number of likely N-dealkylation sites (tertiary alicyclic amines) is 1. The van der Waals surface area contributed by atoms with Gasteiger partial charge in [-0.05, 0) is 63.6 Å². The van der Waals surface area contributed by atoms with Gasteiger partial charge in [-0.3, -0.25) is 0 Å². The lowest BCUT2D eigenvalue weighted by molar-refractivity contribution is 0.0964. The van der Waals surface area contributed by atoms with E-state index < -0.39 is 0 Å². The normalized spacial score (nSPS) is 28.4. The molecule has 0 aromatic rings. The molecule has 0 aromatic carbocycles. The summed E-state index contributed by atoms with van der Waals surface area (Å²) in [4.78, 5) is 2.79. The maximum atomic E-state index is 6.13. The van der Waals surface area contributed by atoms with Crippen LogP contribution in [0.5, 0.6) is 0 Å². The molecule has 0 spiro atoms. The number of hydrogen-bond donors (Lipinski definition) is 1. The molecule has 2 fully saturated rings. The molecule has 2 nitrogen and oxygen atoms in total. The largest absolute Gasteiger partial charge is 0.330 e. The van der Waals surface area contributed by atoms with Gasteiger partial charge in [0.2, 0.25) is 0 Å². The molecule has 0 bridgehead atoms. The van der Waals surface area contributed by atoms with Crippen LogP contribution in [0.25, 0.3) is 0 Å². The van der Waals surface area contributed by atoms with Crippen LogP contribution < -0.4 is 5.73 Å². The first-order chi connectivity index (χ1) is 9.29. The standard InChI is InChI=1S/C17H34N2/c1-2-8-16-9-4-7-13-19(16)14-12-17(15-18)10-5-3-6-11-17/h16H,2-15,18H2,1H3. The second-order valence-electron chi connectivity index (χ2n) is 6.99. The van der Waals surface area contributed by atoms with E-state index in [9.17, 15) is 0 Å². The van der Waals surface area contributed by atoms with Gasteiger partial charge in [0.05, 0.1) is 0 Å². The highest BCUT2D eigenvalue weighted by Gasteiger charge is 2.32. The Bertz CT molecular complexity index is 244. The molecular formula is C17H34N2. The second-order valence-corrected chi connectivity index (χ2v) is 6.99. The highest BCUT2D eigenvalue weighted by atomic mass is 15.2. The van der Waals surface area contributed by atoms with E-state index in [2.05, 4.69) is 11.8 Å². The van der Waals surface area contributed by atoms with Crippen molar-refractivity contribution < 1.29 is 0 Å². The number of nitrogens with two attached hydrogens (primary N) is 1. The molecule has 1 saturated carbocycles. The fraction of sp³-hybridized carbons (Fsp3) is 1.00. The fourth-order valence-electron chi connectivity index (χ4n) is 4.25. The van der Waals surface area contributed by atoms with Gasteiger partial charge >= 0.3 is 0 Å². The SMILES string of the molecule is CCCC1CCCCN1CCC1(CN)CCCCC1. The van der Waals surface area contributed by atoms with E-state index in [1.54, 1.807) is 0 Å². The number of piperidine rings is 1. The molecule has 1 unspecified atom stereocenters. The van der Waals surface area contributed by atoms with Crippen LogP contribution in [0.2, 0.25) is 0 Å². The van der Waals surface area contributed by atoms with Crippen molar-refractivity contribution in [1.82, 2.24) is 4.90 Å². The van der Waals surface area contributed by atoms with Crippen molar-refractivity contribution in [3.8, 4) is 0 Å². The highest BCUT2D eigenvalue weighted by Crippen LogP contribution is 2.39. The van der Waals surface area contributed by atoms with Gasteiger partial charge in [-0.1, -0.05) is 39.0 Å². The van der Waals surface area contributed by atoms with Crippen molar-refractivity contribution in [3.63, 3.8) is 0 Å². The maximum Gasteiger partial charge on any atom is 0.00951 e. The van der Waals surface area contributed by atoms with Crippen LogP contribution in [0.4, 0.5) is 0 Å². The van der Waals surface area contributed by atoms with Crippen LogP contribution in [-0.2, 0) is 0 Å². The second kappa shape index (κ2) is 7.64. The van der Waals surface area contributed by atoms with Gasteiger partial charge in [-0.2, -0.15) is 0 Å². The topological polar surface area (TPSA) is 29.3 Å². The third-order valence-corrected chi connectivity index (χ3v) is 5.65. The predicted molar refractivity (Wildman–Crippen MR) is 83.3 cm³/mol. The first-order valence-corrected chi connectivity index (χ1v) is 8.74. The molecule has 0 amide bonds. The molecule has 1 heterocycles. The van der Waals surface area contributed by atoms with Crippen molar-refractivity contribution in [2.24, 2.45) is 11.1 Å². The van der Waals surface area contributed by atoms with E-state index in [4.69, 9.17) is 5.73 Å². The lowest BCUT2D eigenvalue weighted by atomic mass is 9.71. The van der Waals surface area contributed by atoms with Crippen LogP contribution >= 0.6 is 0 Å². The van der Waals surface area contributed by atoms with Gasteiger partial charge in [0.25, 0.3) is 0 Å². The third kappa shape index (κ3) is 4.19. The summed E-state index contributed by atoms with van der Waals surface area (Å²) >= 11 is 0. The minimum atomic E-state index is 0.493. The Balaban J connectivity index is 1.84. The number of nitrogens with zero attached hydrogens (tertiary/aromatic N) is 1. The van der Waals surface area contributed by atoms with Crippen LogP contribution in [0.15, 0.2) is 0 Å². The summed E-state index contributed by atoms with van der Waals surface area (Å²) in [5, 5.41) is 0. The molecule has 2 aliphatic rings. The zero-order valence-corrected chi connectivity index (χ0v) is 13.0. The molecule has 1 aliphatic carbocycles. The number of rotatable bonds is 6. The van der Waals surface area contributed by atoms with Gasteiger partial charge in [-0.25, -0.2) is 0 Å². The minimum absolute atomic E-state index is 0.493. The monoisotopic (exact) mass is 266 g/mol. The predicted octanol–water partition coefficient (Wildman–Crippen LogP) is 3.94. The Kier molecular flexibility index (Phi) is 6.15. The highest BCUT2D eigenvalue weighted by molar-refractivity contribution is 4.86. The molecule has 1 saturated heterocycles. The van der Waals surface area contributed by atoms with Crippen molar-refractivity contribution in [3.05, 3.63) is 0 Å². The molecule has 112 valence electrons. The molecular weight excluding hydrogens is 232 g/mol. The Hall–Kier alpha value is -0.0800. The summed E-state index contributed by atoms with van der Waals surface area (Å²) in [6.07, 6.45) is 15.4. The van der Waals surface area contributed by atoms with Crippen LogP contribution in [-0.4, -0.2) is 30.6 Å². The van der Waals surface area contributed by atoms with Crippen LogP contribution in [0.1, 0.15) is 77.6 Å². The lowest BCUT2D eigenvalue weighted by Crippen LogP contribution is -2.43. The first-order valence-electron chi connectivity index (χ1n) is 8.74. The fourth-order valence-corrected chi connectivity index (χ4v) is 4.25. The summed E-state index contributed by atoms with van der Waals surface area (Å²) in [6.45, 7) is 5.89. The summed E-state index contributed by atoms with van der Waals surface area (Å²) < 4.78 is 0. The first kappa shape index (κ1) is 15.3. The average molecular weight is 266 g/mol. The smallest absolute Gasteiger partial charge is 0.00951 e. The molecule has 0 aromatic heterocycles. The summed E-state index contributed by atoms with van der Waals surface area (Å²) in [6, 6.07) is 0.872. The van der Waals surface area contributed by atoms with Crippen molar-refractivity contribution in [2.75, 3.05) is 19.6 Å². The quantitative estimate of drug-likeness (QED) is 0.789. The third-order valence-electron chi connectivity index (χ3n) is 5.65. The molecule has 2 rings (SSSR count). The van der Waals surface area contributed by atoms with Gasteiger partial charge in [0.1, 0.15) is 0 Å². The minimum Gasteiger partial charge on any atom is -0.330 e. The van der Waals surface area contributed by atoms with Crippen molar-refractivity contribution >= 4 is 0 Å². The maximum absolute atomic E-state index is 6.13. The van der Waals surface area contributed by atoms with E-state index in [-0.39, 0.29) is 0 Å². The molecule has 2 heteroatoms. The molecule has 19 heavy (non-hydrogen) atoms. The van der Waals surface area contributed by atoms with Gasteiger partial charge in [0, 0.05) is 6.04 Å². The van der Waals surface area contributed by atoms with E-state index in [0.717, 1.165) is 12.6 Å². The molecule has 1 atom stereocenters. The summed E-state index contributed by atoms with van der Waals surface area (Å²) in [5.74, 6) is 0. The summed E-state index contributed by atoms with van der Waals surface area (Å²) in [7, 11) is 0. The zero-order valence-electron chi connectivity index (χ0n) is 13.0. The van der Waals surface area contributed by atoms with E-state index >= 15 is 0 Å². The average Bonchev–Trinajstić information content (AvgIpc) is 2.48. The Morgan fingerprint density at radius 2 is 1.89 bits per heavy atom. The van der Waals surface area contributed by atoms with E-state index in [0.29, 0.717) is 5.41 Å². The number of hydrogen-bond acceptors (Lipinski definition) is 2. The van der Waals surface area contributed by atoms with E-state index in [1.165, 1.54) is 83.7 Å². The van der Waals surface area contributed by atoms with Gasteiger partial charge < -0.3 is 10.6 Å².